The number of nitriles is 1. The second-order valence-corrected chi connectivity index (χ2v) is 3.33. The van der Waals surface area contributed by atoms with Crippen LogP contribution in [-0.2, 0) is 0 Å². The molecule has 0 bridgehead atoms. The van der Waals surface area contributed by atoms with Crippen LogP contribution in [0.2, 0.25) is 0 Å². The van der Waals surface area contributed by atoms with E-state index < -0.39 is 0 Å². The molecule has 0 spiro atoms. The fourth-order valence-electron chi connectivity index (χ4n) is 1.32. The van der Waals surface area contributed by atoms with Crippen LogP contribution in [0.5, 0.6) is 0 Å². The lowest BCUT2D eigenvalue weighted by molar-refractivity contribution is 0.0918. The van der Waals surface area contributed by atoms with E-state index in [0.29, 0.717) is 11.4 Å². The molecule has 1 N–H and O–H groups in total. The Bertz CT molecular complexity index is 362. The second-order valence-electron chi connectivity index (χ2n) is 3.33. The van der Waals surface area contributed by atoms with Crippen LogP contribution in [0.25, 0.3) is 0 Å². The molecule has 1 atom stereocenters. The molecule has 0 aliphatic heterocycles. The summed E-state index contributed by atoms with van der Waals surface area (Å²) in [6.07, 6.45) is 1.83. The van der Waals surface area contributed by atoms with E-state index in [1.807, 2.05) is 19.9 Å². The molecule has 1 heterocycles. The van der Waals surface area contributed by atoms with Gasteiger partial charge in [-0.2, -0.15) is 10.4 Å². The fourth-order valence-corrected chi connectivity index (χ4v) is 1.32. The van der Waals surface area contributed by atoms with Gasteiger partial charge in [0, 0.05) is 12.0 Å². The molecule has 14 heavy (non-hydrogen) atoms. The Morgan fingerprint density at radius 3 is 3.00 bits per heavy atom. The highest BCUT2D eigenvalue weighted by Crippen LogP contribution is 2.12. The van der Waals surface area contributed by atoms with Gasteiger partial charge in [0.05, 0.1) is 0 Å². The number of ketones is 1. The van der Waals surface area contributed by atoms with Gasteiger partial charge in [-0.1, -0.05) is 20.3 Å². The lowest BCUT2D eigenvalue weighted by Crippen LogP contribution is -2.11. The Balaban J connectivity index is 2.75. The molecule has 1 aromatic heterocycles. The van der Waals surface area contributed by atoms with Crippen molar-refractivity contribution in [1.29, 1.82) is 5.26 Å². The number of H-pyrrole nitrogens is 1. The van der Waals surface area contributed by atoms with E-state index in [1.165, 1.54) is 6.07 Å². The van der Waals surface area contributed by atoms with Crippen LogP contribution in [-0.4, -0.2) is 16.0 Å². The zero-order chi connectivity index (χ0) is 10.6. The number of aromatic nitrogens is 2. The van der Waals surface area contributed by atoms with Crippen molar-refractivity contribution in [3.8, 4) is 6.07 Å². The van der Waals surface area contributed by atoms with Crippen molar-refractivity contribution in [3.05, 3.63) is 17.5 Å². The van der Waals surface area contributed by atoms with Crippen LogP contribution in [0.1, 0.15) is 42.9 Å². The maximum atomic E-state index is 11.7. The van der Waals surface area contributed by atoms with Crippen molar-refractivity contribution in [1.82, 2.24) is 10.2 Å². The van der Waals surface area contributed by atoms with E-state index in [2.05, 4.69) is 10.2 Å². The number of nitrogens with one attached hydrogen (secondary N) is 1. The van der Waals surface area contributed by atoms with E-state index in [4.69, 9.17) is 5.26 Å². The minimum Gasteiger partial charge on any atom is -0.292 e. The van der Waals surface area contributed by atoms with Gasteiger partial charge in [0.25, 0.3) is 0 Å². The summed E-state index contributed by atoms with van der Waals surface area (Å²) in [6.45, 7) is 3.92. The highest BCUT2D eigenvalue weighted by molar-refractivity contribution is 5.96. The molecule has 4 heteroatoms. The number of hydrogen-bond acceptors (Lipinski definition) is 3. The van der Waals surface area contributed by atoms with Crippen LogP contribution in [0.3, 0.4) is 0 Å². The molecular formula is C10H13N3O. The molecule has 4 nitrogen and oxygen atoms in total. The normalized spacial score (nSPS) is 12.1. The quantitative estimate of drug-likeness (QED) is 0.739. The summed E-state index contributed by atoms with van der Waals surface area (Å²) in [5.74, 6) is -0.0144. The Labute approximate surface area is 82.9 Å². The van der Waals surface area contributed by atoms with E-state index >= 15 is 0 Å². The van der Waals surface area contributed by atoms with Gasteiger partial charge in [0.1, 0.15) is 17.5 Å². The summed E-state index contributed by atoms with van der Waals surface area (Å²) in [7, 11) is 0. The fraction of sp³-hybridized carbons (Fsp3) is 0.500. The van der Waals surface area contributed by atoms with Crippen LogP contribution < -0.4 is 0 Å². The standard InChI is InChI=1S/C10H13N3O/c1-3-4-7(2)10(14)9-5-8(6-11)12-13-9/h5,7H,3-4H2,1-2H3,(H,12,13). The lowest BCUT2D eigenvalue weighted by atomic mass is 9.99. The average Bonchev–Trinajstić information content (AvgIpc) is 2.65. The largest absolute Gasteiger partial charge is 0.292 e. The maximum absolute atomic E-state index is 11.7. The zero-order valence-corrected chi connectivity index (χ0v) is 8.37. The third-order valence-electron chi connectivity index (χ3n) is 2.12. The number of aromatic amines is 1. The summed E-state index contributed by atoms with van der Waals surface area (Å²) in [5, 5.41) is 14.8. The van der Waals surface area contributed by atoms with Crippen molar-refractivity contribution in [2.24, 2.45) is 5.92 Å². The maximum Gasteiger partial charge on any atom is 0.185 e. The number of carbonyl (C=O) groups is 1. The Morgan fingerprint density at radius 2 is 2.50 bits per heavy atom. The molecule has 0 amide bonds. The number of carbonyl (C=O) groups excluding carboxylic acids is 1. The summed E-state index contributed by atoms with van der Waals surface area (Å²) >= 11 is 0. The lowest BCUT2D eigenvalue weighted by Gasteiger charge is -2.05. The molecule has 0 saturated carbocycles. The minimum absolute atomic E-state index is 0.00426. The Kier molecular flexibility index (Phi) is 3.41. The van der Waals surface area contributed by atoms with Gasteiger partial charge in [-0.3, -0.25) is 9.89 Å². The van der Waals surface area contributed by atoms with Gasteiger partial charge in [-0.05, 0) is 6.42 Å². The van der Waals surface area contributed by atoms with Crippen molar-refractivity contribution >= 4 is 5.78 Å². The smallest absolute Gasteiger partial charge is 0.185 e. The first-order chi connectivity index (χ1) is 6.69. The molecule has 0 radical (unpaired) electrons. The van der Waals surface area contributed by atoms with Crippen molar-refractivity contribution in [3.63, 3.8) is 0 Å². The predicted octanol–water partition coefficient (Wildman–Crippen LogP) is 1.90. The van der Waals surface area contributed by atoms with Crippen LogP contribution in [0.4, 0.5) is 0 Å². The van der Waals surface area contributed by atoms with Crippen LogP contribution in [0, 0.1) is 17.2 Å². The predicted molar refractivity (Wildman–Crippen MR) is 51.7 cm³/mol. The van der Waals surface area contributed by atoms with Crippen LogP contribution >= 0.6 is 0 Å². The third-order valence-corrected chi connectivity index (χ3v) is 2.12. The van der Waals surface area contributed by atoms with Gasteiger partial charge in [-0.25, -0.2) is 0 Å². The summed E-state index contributed by atoms with van der Waals surface area (Å²) in [6, 6.07) is 3.40. The number of nitrogens with zero attached hydrogens (tertiary/aromatic N) is 2. The highest BCUT2D eigenvalue weighted by atomic mass is 16.1. The first-order valence-corrected chi connectivity index (χ1v) is 4.68. The van der Waals surface area contributed by atoms with Crippen LogP contribution in [0.15, 0.2) is 6.07 Å². The van der Waals surface area contributed by atoms with E-state index in [0.717, 1.165) is 12.8 Å². The Morgan fingerprint density at radius 1 is 1.79 bits per heavy atom. The SMILES string of the molecule is CCCC(C)C(=O)c1cc(C#N)[nH]n1. The molecule has 0 saturated heterocycles. The molecule has 0 aliphatic carbocycles. The van der Waals surface area contributed by atoms with Gasteiger partial charge >= 0.3 is 0 Å². The molecule has 1 unspecified atom stereocenters. The summed E-state index contributed by atoms with van der Waals surface area (Å²) in [4.78, 5) is 11.7. The average molecular weight is 191 g/mol. The van der Waals surface area contributed by atoms with Crippen molar-refractivity contribution in [2.45, 2.75) is 26.7 Å². The summed E-state index contributed by atoms with van der Waals surface area (Å²) in [5.41, 5.74) is 0.694. The number of rotatable bonds is 4. The van der Waals surface area contributed by atoms with E-state index in [9.17, 15) is 4.79 Å². The molecule has 0 aromatic carbocycles. The molecule has 74 valence electrons. The molecular weight excluding hydrogens is 178 g/mol. The van der Waals surface area contributed by atoms with E-state index in [-0.39, 0.29) is 11.7 Å². The molecule has 0 aliphatic rings. The highest BCUT2D eigenvalue weighted by Gasteiger charge is 2.17. The summed E-state index contributed by atoms with van der Waals surface area (Å²) < 4.78 is 0. The molecule has 0 fully saturated rings. The molecule has 1 rings (SSSR count). The first-order valence-electron chi connectivity index (χ1n) is 4.68. The second kappa shape index (κ2) is 4.56. The monoisotopic (exact) mass is 191 g/mol. The third kappa shape index (κ3) is 2.19. The van der Waals surface area contributed by atoms with Crippen molar-refractivity contribution < 1.29 is 4.79 Å². The topological polar surface area (TPSA) is 69.5 Å². The molecule has 1 aromatic rings. The van der Waals surface area contributed by atoms with E-state index in [1.54, 1.807) is 0 Å². The van der Waals surface area contributed by atoms with Gasteiger partial charge in [-0.15, -0.1) is 0 Å². The number of hydrogen-bond donors (Lipinski definition) is 1. The Hall–Kier alpha value is -1.63. The minimum atomic E-state index is -0.0187. The van der Waals surface area contributed by atoms with Gasteiger partial charge in [0.15, 0.2) is 5.78 Å². The number of Topliss-reactive ketones (excluding diaryl/α,β-unsaturated/α-hetero) is 1. The van der Waals surface area contributed by atoms with Gasteiger partial charge in [0.2, 0.25) is 0 Å². The van der Waals surface area contributed by atoms with Crippen molar-refractivity contribution in [2.75, 3.05) is 0 Å². The first kappa shape index (κ1) is 10.5. The zero-order valence-electron chi connectivity index (χ0n) is 8.37. The van der Waals surface area contributed by atoms with Gasteiger partial charge < -0.3 is 0 Å².